The van der Waals surface area contributed by atoms with E-state index in [1.807, 2.05) is 18.2 Å². The first-order valence-corrected chi connectivity index (χ1v) is 8.78. The average molecular weight is 341 g/mol. The molecule has 1 aliphatic heterocycles. The van der Waals surface area contributed by atoms with Crippen molar-refractivity contribution in [2.45, 2.75) is 6.92 Å². The number of hydrogen-bond donors (Lipinski definition) is 0. The molecule has 0 amide bonds. The van der Waals surface area contributed by atoms with Gasteiger partial charge in [0.05, 0.1) is 24.6 Å². The second-order valence-corrected chi connectivity index (χ2v) is 7.01. The standard InChI is InChI=1S/C18H19N3O2S/c1-12-5-6-15(22-2)16-17(12)24-18(20-16)21-9-13(10-21)11-23-14-4-3-7-19-8-14/h3-8,13H,9-11H2,1-2H3. The number of pyridine rings is 1. The van der Waals surface area contributed by atoms with Crippen LogP contribution in [0.2, 0.25) is 0 Å². The maximum atomic E-state index is 5.78. The van der Waals surface area contributed by atoms with Gasteiger partial charge in [0.2, 0.25) is 0 Å². The summed E-state index contributed by atoms with van der Waals surface area (Å²) < 4.78 is 12.4. The fourth-order valence-electron chi connectivity index (χ4n) is 2.88. The fourth-order valence-corrected chi connectivity index (χ4v) is 3.95. The van der Waals surface area contributed by atoms with E-state index < -0.39 is 0 Å². The van der Waals surface area contributed by atoms with Crippen molar-refractivity contribution >= 4 is 26.7 Å². The first kappa shape index (κ1) is 15.2. The lowest BCUT2D eigenvalue weighted by atomic mass is 10.0. The maximum Gasteiger partial charge on any atom is 0.186 e. The van der Waals surface area contributed by atoms with E-state index in [0.29, 0.717) is 5.92 Å². The number of methoxy groups -OCH3 is 1. The van der Waals surface area contributed by atoms with Gasteiger partial charge in [0.25, 0.3) is 0 Å². The van der Waals surface area contributed by atoms with E-state index in [2.05, 4.69) is 22.9 Å². The van der Waals surface area contributed by atoms with Crippen LogP contribution in [-0.4, -0.2) is 36.8 Å². The molecule has 0 bridgehead atoms. The molecular formula is C18H19N3O2S. The third-order valence-electron chi connectivity index (χ3n) is 4.26. The van der Waals surface area contributed by atoms with E-state index in [-0.39, 0.29) is 0 Å². The van der Waals surface area contributed by atoms with Gasteiger partial charge < -0.3 is 14.4 Å². The zero-order valence-corrected chi connectivity index (χ0v) is 14.5. The highest BCUT2D eigenvalue weighted by atomic mass is 32.1. The van der Waals surface area contributed by atoms with Crippen LogP contribution in [0.25, 0.3) is 10.2 Å². The predicted molar refractivity (Wildman–Crippen MR) is 96.3 cm³/mol. The summed E-state index contributed by atoms with van der Waals surface area (Å²) in [5, 5.41) is 1.07. The number of nitrogens with zero attached hydrogens (tertiary/aromatic N) is 3. The van der Waals surface area contributed by atoms with Gasteiger partial charge in [0.15, 0.2) is 5.13 Å². The van der Waals surface area contributed by atoms with Crippen LogP contribution in [0.5, 0.6) is 11.5 Å². The van der Waals surface area contributed by atoms with Crippen LogP contribution in [0.4, 0.5) is 5.13 Å². The summed E-state index contributed by atoms with van der Waals surface area (Å²) >= 11 is 1.74. The van der Waals surface area contributed by atoms with Gasteiger partial charge in [-0.05, 0) is 30.7 Å². The molecule has 3 heterocycles. The lowest BCUT2D eigenvalue weighted by molar-refractivity contribution is 0.220. The lowest BCUT2D eigenvalue weighted by Crippen LogP contribution is -2.49. The van der Waals surface area contributed by atoms with Crippen molar-refractivity contribution in [1.82, 2.24) is 9.97 Å². The Kier molecular flexibility index (Phi) is 3.98. The zero-order chi connectivity index (χ0) is 16.5. The van der Waals surface area contributed by atoms with Gasteiger partial charge in [-0.3, -0.25) is 4.98 Å². The van der Waals surface area contributed by atoms with Crippen LogP contribution >= 0.6 is 11.3 Å². The molecule has 0 aliphatic carbocycles. The smallest absolute Gasteiger partial charge is 0.186 e. The predicted octanol–water partition coefficient (Wildman–Crippen LogP) is 3.52. The fraction of sp³-hybridized carbons (Fsp3) is 0.333. The molecule has 0 saturated carbocycles. The molecule has 6 heteroatoms. The molecule has 0 atom stereocenters. The van der Waals surface area contributed by atoms with Crippen molar-refractivity contribution in [3.8, 4) is 11.5 Å². The number of anilines is 1. The third kappa shape index (κ3) is 2.78. The van der Waals surface area contributed by atoms with Crippen LogP contribution < -0.4 is 14.4 Å². The molecule has 1 aromatic carbocycles. The van der Waals surface area contributed by atoms with Crippen LogP contribution in [0.15, 0.2) is 36.7 Å². The second kappa shape index (κ2) is 6.28. The van der Waals surface area contributed by atoms with Gasteiger partial charge in [-0.25, -0.2) is 4.98 Å². The molecule has 0 radical (unpaired) electrons. The van der Waals surface area contributed by atoms with Crippen molar-refractivity contribution in [3.63, 3.8) is 0 Å². The number of thiazole rings is 1. The highest BCUT2D eigenvalue weighted by molar-refractivity contribution is 7.22. The molecule has 4 rings (SSSR count). The lowest BCUT2D eigenvalue weighted by Gasteiger charge is -2.38. The molecule has 3 aromatic rings. The topological polar surface area (TPSA) is 47.5 Å². The first-order valence-electron chi connectivity index (χ1n) is 7.96. The highest BCUT2D eigenvalue weighted by Crippen LogP contribution is 2.38. The minimum absolute atomic E-state index is 0.528. The molecular weight excluding hydrogens is 322 g/mol. The van der Waals surface area contributed by atoms with Crippen LogP contribution in [0.1, 0.15) is 5.56 Å². The first-order chi connectivity index (χ1) is 11.7. The molecule has 1 aliphatic rings. The minimum Gasteiger partial charge on any atom is -0.494 e. The van der Waals surface area contributed by atoms with Crippen LogP contribution in [-0.2, 0) is 0 Å². The molecule has 124 valence electrons. The molecule has 0 unspecified atom stereocenters. The largest absolute Gasteiger partial charge is 0.494 e. The maximum absolute atomic E-state index is 5.78. The monoisotopic (exact) mass is 341 g/mol. The average Bonchev–Trinajstić information content (AvgIpc) is 3.00. The van der Waals surface area contributed by atoms with E-state index in [1.165, 1.54) is 10.3 Å². The summed E-state index contributed by atoms with van der Waals surface area (Å²) in [6.07, 6.45) is 3.50. The Hall–Kier alpha value is -2.34. The zero-order valence-electron chi connectivity index (χ0n) is 13.7. The number of hydrogen-bond acceptors (Lipinski definition) is 6. The van der Waals surface area contributed by atoms with Gasteiger partial charge in [-0.2, -0.15) is 0 Å². The Morgan fingerprint density at radius 2 is 2.17 bits per heavy atom. The minimum atomic E-state index is 0.528. The number of fused-ring (bicyclic) bond motifs is 1. The third-order valence-corrected chi connectivity index (χ3v) is 5.51. The normalized spacial score (nSPS) is 14.7. The summed E-state index contributed by atoms with van der Waals surface area (Å²) in [6, 6.07) is 7.90. The number of aryl methyl sites for hydroxylation is 1. The quantitative estimate of drug-likeness (QED) is 0.710. The van der Waals surface area contributed by atoms with Crippen molar-refractivity contribution < 1.29 is 9.47 Å². The van der Waals surface area contributed by atoms with E-state index >= 15 is 0 Å². The summed E-state index contributed by atoms with van der Waals surface area (Å²) in [4.78, 5) is 11.2. The van der Waals surface area contributed by atoms with Crippen molar-refractivity contribution in [1.29, 1.82) is 0 Å². The molecule has 24 heavy (non-hydrogen) atoms. The van der Waals surface area contributed by atoms with Crippen molar-refractivity contribution in [3.05, 3.63) is 42.2 Å². The summed E-state index contributed by atoms with van der Waals surface area (Å²) in [5.74, 6) is 2.20. The number of ether oxygens (including phenoxy) is 2. The molecule has 1 fully saturated rings. The number of rotatable bonds is 5. The van der Waals surface area contributed by atoms with Gasteiger partial charge in [-0.15, -0.1) is 0 Å². The summed E-state index contributed by atoms with van der Waals surface area (Å²) in [6.45, 7) is 4.78. The Morgan fingerprint density at radius 3 is 2.92 bits per heavy atom. The molecule has 0 N–H and O–H groups in total. The highest BCUT2D eigenvalue weighted by Gasteiger charge is 2.30. The van der Waals surface area contributed by atoms with Gasteiger partial charge >= 0.3 is 0 Å². The van der Waals surface area contributed by atoms with E-state index in [1.54, 1.807) is 30.8 Å². The number of benzene rings is 1. The molecule has 5 nitrogen and oxygen atoms in total. The summed E-state index contributed by atoms with van der Waals surface area (Å²) in [5.41, 5.74) is 2.21. The van der Waals surface area contributed by atoms with E-state index in [4.69, 9.17) is 14.5 Å². The second-order valence-electron chi connectivity index (χ2n) is 6.03. The molecule has 2 aromatic heterocycles. The van der Waals surface area contributed by atoms with Crippen LogP contribution in [0.3, 0.4) is 0 Å². The van der Waals surface area contributed by atoms with E-state index in [9.17, 15) is 0 Å². The van der Waals surface area contributed by atoms with E-state index in [0.717, 1.165) is 41.8 Å². The van der Waals surface area contributed by atoms with Gasteiger partial charge in [0, 0.05) is 25.2 Å². The van der Waals surface area contributed by atoms with Crippen molar-refractivity contribution in [2.75, 3.05) is 31.7 Å². The SMILES string of the molecule is COc1ccc(C)c2sc(N3CC(COc4cccnc4)C3)nc12. The Labute approximate surface area is 144 Å². The van der Waals surface area contributed by atoms with Crippen LogP contribution in [0, 0.1) is 12.8 Å². The Balaban J connectivity index is 1.42. The summed E-state index contributed by atoms with van der Waals surface area (Å²) in [7, 11) is 1.69. The molecule has 0 spiro atoms. The molecule has 1 saturated heterocycles. The number of aromatic nitrogens is 2. The Bertz CT molecular complexity index is 844. The van der Waals surface area contributed by atoms with Gasteiger partial charge in [-0.1, -0.05) is 17.4 Å². The van der Waals surface area contributed by atoms with Gasteiger partial charge in [0.1, 0.15) is 17.0 Å². The van der Waals surface area contributed by atoms with Crippen molar-refractivity contribution in [2.24, 2.45) is 5.92 Å². The Morgan fingerprint density at radius 1 is 1.29 bits per heavy atom.